The minimum atomic E-state index is -0.00481. The lowest BCUT2D eigenvalue weighted by atomic mass is 10.1. The number of hydrogen-bond donors (Lipinski definition) is 1. The predicted octanol–water partition coefficient (Wildman–Crippen LogP) is 0.610. The van der Waals surface area contributed by atoms with E-state index in [4.69, 9.17) is 10.5 Å². The lowest BCUT2D eigenvalue weighted by molar-refractivity contribution is 0.179. The molecule has 0 amide bonds. The molecule has 0 radical (unpaired) electrons. The molecule has 2 N–H and O–H groups in total. The summed E-state index contributed by atoms with van der Waals surface area (Å²) in [5.74, 6) is 0. The van der Waals surface area contributed by atoms with Gasteiger partial charge in [0.2, 0.25) is 0 Å². The first-order chi connectivity index (χ1) is 6.63. The number of aromatic nitrogens is 2. The lowest BCUT2D eigenvalue weighted by Crippen LogP contribution is -2.29. The van der Waals surface area contributed by atoms with Gasteiger partial charge in [0.25, 0.3) is 0 Å². The minimum absolute atomic E-state index is 0.00481. The van der Waals surface area contributed by atoms with Crippen LogP contribution in [0.2, 0.25) is 0 Å². The third kappa shape index (κ3) is 3.05. The van der Waals surface area contributed by atoms with Crippen molar-refractivity contribution in [1.29, 1.82) is 0 Å². The fourth-order valence-electron chi connectivity index (χ4n) is 1.30. The highest BCUT2D eigenvalue weighted by Crippen LogP contribution is 2.05. The van der Waals surface area contributed by atoms with Crippen LogP contribution < -0.4 is 5.73 Å². The van der Waals surface area contributed by atoms with Gasteiger partial charge in [0.1, 0.15) is 0 Å². The van der Waals surface area contributed by atoms with Crippen LogP contribution in [0.3, 0.4) is 0 Å². The Hall–Kier alpha value is -1.00. The van der Waals surface area contributed by atoms with Gasteiger partial charge in [-0.15, -0.1) is 0 Å². The van der Waals surface area contributed by atoms with Crippen molar-refractivity contribution in [3.05, 3.63) is 23.3 Å². The van der Waals surface area contributed by atoms with E-state index in [2.05, 4.69) is 9.97 Å². The SMILES string of the molecule is COCC(N)Cc1nc(C)cnc1C. The Morgan fingerprint density at radius 2 is 2.21 bits per heavy atom. The van der Waals surface area contributed by atoms with Gasteiger partial charge in [0, 0.05) is 25.8 Å². The Morgan fingerprint density at radius 3 is 2.86 bits per heavy atom. The normalized spacial score (nSPS) is 12.9. The molecule has 0 aliphatic rings. The number of nitrogens with zero attached hydrogens (tertiary/aromatic N) is 2. The maximum absolute atomic E-state index is 5.84. The van der Waals surface area contributed by atoms with Crippen molar-refractivity contribution in [1.82, 2.24) is 9.97 Å². The minimum Gasteiger partial charge on any atom is -0.383 e. The molecule has 0 saturated carbocycles. The van der Waals surface area contributed by atoms with Gasteiger partial charge in [-0.25, -0.2) is 0 Å². The van der Waals surface area contributed by atoms with E-state index in [1.807, 2.05) is 13.8 Å². The molecule has 14 heavy (non-hydrogen) atoms. The summed E-state index contributed by atoms with van der Waals surface area (Å²) in [6.45, 7) is 4.42. The van der Waals surface area contributed by atoms with Crippen LogP contribution in [0.25, 0.3) is 0 Å². The molecule has 0 spiro atoms. The highest BCUT2D eigenvalue weighted by atomic mass is 16.5. The van der Waals surface area contributed by atoms with Gasteiger partial charge in [-0.05, 0) is 13.8 Å². The van der Waals surface area contributed by atoms with E-state index in [0.717, 1.165) is 17.1 Å². The number of ether oxygens (including phenoxy) is 1. The third-order valence-corrected chi connectivity index (χ3v) is 2.01. The van der Waals surface area contributed by atoms with E-state index in [1.165, 1.54) is 0 Å². The van der Waals surface area contributed by atoms with Gasteiger partial charge in [0.05, 0.1) is 23.7 Å². The van der Waals surface area contributed by atoms with Crippen LogP contribution in [-0.2, 0) is 11.2 Å². The molecule has 1 rings (SSSR count). The summed E-state index contributed by atoms with van der Waals surface area (Å²) in [4.78, 5) is 8.63. The second-order valence-electron chi connectivity index (χ2n) is 3.46. The molecule has 0 aromatic carbocycles. The fourth-order valence-corrected chi connectivity index (χ4v) is 1.30. The van der Waals surface area contributed by atoms with Crippen LogP contribution in [0.1, 0.15) is 17.1 Å². The first-order valence-corrected chi connectivity index (χ1v) is 4.67. The molecule has 1 atom stereocenters. The van der Waals surface area contributed by atoms with Crippen LogP contribution in [-0.4, -0.2) is 29.7 Å². The van der Waals surface area contributed by atoms with Crippen molar-refractivity contribution in [3.8, 4) is 0 Å². The molecule has 0 aliphatic carbocycles. The van der Waals surface area contributed by atoms with Gasteiger partial charge >= 0.3 is 0 Å². The highest BCUT2D eigenvalue weighted by Gasteiger charge is 2.08. The molecule has 4 heteroatoms. The summed E-state index contributed by atoms with van der Waals surface area (Å²) in [5, 5.41) is 0. The average Bonchev–Trinajstić information content (AvgIpc) is 2.12. The molecule has 0 saturated heterocycles. The third-order valence-electron chi connectivity index (χ3n) is 2.01. The van der Waals surface area contributed by atoms with Crippen molar-refractivity contribution in [2.24, 2.45) is 5.73 Å². The largest absolute Gasteiger partial charge is 0.383 e. The Balaban J connectivity index is 2.70. The molecule has 1 aromatic rings. The highest BCUT2D eigenvalue weighted by molar-refractivity contribution is 5.13. The fraction of sp³-hybridized carbons (Fsp3) is 0.600. The molecule has 4 nitrogen and oxygen atoms in total. The van der Waals surface area contributed by atoms with Gasteiger partial charge in [0.15, 0.2) is 0 Å². The first kappa shape index (κ1) is 11.1. The van der Waals surface area contributed by atoms with Crippen LogP contribution >= 0.6 is 0 Å². The van der Waals surface area contributed by atoms with Crippen LogP contribution in [0.15, 0.2) is 6.20 Å². The maximum atomic E-state index is 5.84. The van der Waals surface area contributed by atoms with E-state index in [-0.39, 0.29) is 6.04 Å². The molecular weight excluding hydrogens is 178 g/mol. The van der Waals surface area contributed by atoms with Crippen molar-refractivity contribution >= 4 is 0 Å². The summed E-state index contributed by atoms with van der Waals surface area (Å²) in [6.07, 6.45) is 2.48. The number of rotatable bonds is 4. The predicted molar refractivity (Wildman–Crippen MR) is 55.1 cm³/mol. The summed E-state index contributed by atoms with van der Waals surface area (Å²) in [5.41, 5.74) is 8.68. The molecule has 78 valence electrons. The van der Waals surface area contributed by atoms with Crippen molar-refractivity contribution in [2.45, 2.75) is 26.3 Å². The second-order valence-corrected chi connectivity index (χ2v) is 3.46. The topological polar surface area (TPSA) is 61.0 Å². The Kier molecular flexibility index (Phi) is 3.98. The molecule has 1 heterocycles. The Labute approximate surface area is 84.5 Å². The quantitative estimate of drug-likeness (QED) is 0.764. The number of aryl methyl sites for hydroxylation is 2. The molecule has 1 aromatic heterocycles. The molecule has 0 bridgehead atoms. The number of methoxy groups -OCH3 is 1. The summed E-state index contributed by atoms with van der Waals surface area (Å²) >= 11 is 0. The van der Waals surface area contributed by atoms with Crippen molar-refractivity contribution in [2.75, 3.05) is 13.7 Å². The molecular formula is C10H17N3O. The van der Waals surface area contributed by atoms with Crippen molar-refractivity contribution < 1.29 is 4.74 Å². The van der Waals surface area contributed by atoms with Crippen LogP contribution in [0, 0.1) is 13.8 Å². The van der Waals surface area contributed by atoms with Gasteiger partial charge < -0.3 is 10.5 Å². The van der Waals surface area contributed by atoms with Crippen molar-refractivity contribution in [3.63, 3.8) is 0 Å². The van der Waals surface area contributed by atoms with E-state index >= 15 is 0 Å². The first-order valence-electron chi connectivity index (χ1n) is 4.67. The Bertz CT molecular complexity index is 301. The van der Waals surface area contributed by atoms with E-state index in [9.17, 15) is 0 Å². The van der Waals surface area contributed by atoms with Crippen LogP contribution in [0.5, 0.6) is 0 Å². The standard InChI is InChI=1S/C10H17N3O/c1-7-5-12-8(2)10(13-7)4-9(11)6-14-3/h5,9H,4,6,11H2,1-3H3. The number of hydrogen-bond acceptors (Lipinski definition) is 4. The molecule has 1 unspecified atom stereocenters. The molecule has 0 aliphatic heterocycles. The number of nitrogens with two attached hydrogens (primary N) is 1. The summed E-state index contributed by atoms with van der Waals surface area (Å²) in [6, 6.07) is -0.00481. The molecule has 0 fully saturated rings. The van der Waals surface area contributed by atoms with Crippen LogP contribution in [0.4, 0.5) is 0 Å². The maximum Gasteiger partial charge on any atom is 0.0635 e. The van der Waals surface area contributed by atoms with Gasteiger partial charge in [-0.3, -0.25) is 9.97 Å². The Morgan fingerprint density at radius 1 is 1.50 bits per heavy atom. The summed E-state index contributed by atoms with van der Waals surface area (Å²) < 4.78 is 4.97. The monoisotopic (exact) mass is 195 g/mol. The van der Waals surface area contributed by atoms with E-state index in [1.54, 1.807) is 13.3 Å². The lowest BCUT2D eigenvalue weighted by Gasteiger charge is -2.11. The average molecular weight is 195 g/mol. The summed E-state index contributed by atoms with van der Waals surface area (Å²) in [7, 11) is 1.65. The second kappa shape index (κ2) is 5.02. The van der Waals surface area contributed by atoms with E-state index < -0.39 is 0 Å². The smallest absolute Gasteiger partial charge is 0.0635 e. The van der Waals surface area contributed by atoms with Gasteiger partial charge in [-0.1, -0.05) is 0 Å². The zero-order valence-corrected chi connectivity index (χ0v) is 8.95. The zero-order chi connectivity index (χ0) is 10.6. The van der Waals surface area contributed by atoms with E-state index in [0.29, 0.717) is 13.0 Å². The zero-order valence-electron chi connectivity index (χ0n) is 8.95. The van der Waals surface area contributed by atoms with Gasteiger partial charge in [-0.2, -0.15) is 0 Å².